The standard InChI is InChI=1S/C30H63OP/c1-5-9-12-15-18-19-22-25-28-32(8-4)29-30(31,26-23-20-16-13-10-6-2)27-24-21-17-14-11-7-3/h31H,5-29H2,1-4H3. The molecule has 0 radical (unpaired) electrons. The Balaban J connectivity index is 4.34. The highest BCUT2D eigenvalue weighted by Crippen LogP contribution is 2.42. The largest absolute Gasteiger partial charge is 0.390 e. The van der Waals surface area contributed by atoms with Crippen molar-refractivity contribution in [2.75, 3.05) is 18.5 Å². The molecule has 0 aliphatic rings. The number of hydrogen-bond donors (Lipinski definition) is 1. The summed E-state index contributed by atoms with van der Waals surface area (Å²) in [6.45, 7) is 9.26. The van der Waals surface area contributed by atoms with Crippen molar-refractivity contribution in [1.82, 2.24) is 0 Å². The van der Waals surface area contributed by atoms with Crippen LogP contribution in [0.25, 0.3) is 0 Å². The van der Waals surface area contributed by atoms with E-state index in [0.29, 0.717) is 0 Å². The van der Waals surface area contributed by atoms with E-state index in [0.717, 1.165) is 19.0 Å². The van der Waals surface area contributed by atoms with Crippen LogP contribution in [0, 0.1) is 0 Å². The molecule has 0 aliphatic heterocycles. The molecule has 0 aliphatic carbocycles. The van der Waals surface area contributed by atoms with Gasteiger partial charge in [0.25, 0.3) is 0 Å². The van der Waals surface area contributed by atoms with Crippen LogP contribution in [-0.2, 0) is 0 Å². The molecular weight excluding hydrogens is 407 g/mol. The summed E-state index contributed by atoms with van der Waals surface area (Å²) in [6, 6.07) is 0. The van der Waals surface area contributed by atoms with Gasteiger partial charge in [0.15, 0.2) is 0 Å². The van der Waals surface area contributed by atoms with Crippen molar-refractivity contribution in [2.45, 2.75) is 175 Å². The summed E-state index contributed by atoms with van der Waals surface area (Å²) in [5.41, 5.74) is -0.364. The first-order chi connectivity index (χ1) is 15.6. The molecule has 1 N–H and O–H groups in total. The van der Waals surface area contributed by atoms with E-state index in [1.165, 1.54) is 141 Å². The van der Waals surface area contributed by atoms with Crippen LogP contribution in [0.3, 0.4) is 0 Å². The van der Waals surface area contributed by atoms with E-state index in [2.05, 4.69) is 27.7 Å². The second-order valence-electron chi connectivity index (χ2n) is 10.6. The maximum absolute atomic E-state index is 11.7. The fraction of sp³-hybridized carbons (Fsp3) is 1.00. The van der Waals surface area contributed by atoms with Crippen LogP contribution in [-0.4, -0.2) is 29.2 Å². The van der Waals surface area contributed by atoms with Crippen LogP contribution >= 0.6 is 7.92 Å². The van der Waals surface area contributed by atoms with Gasteiger partial charge in [-0.2, -0.15) is 0 Å². The number of rotatable bonds is 26. The molecule has 0 saturated heterocycles. The summed E-state index contributed by atoms with van der Waals surface area (Å²) >= 11 is 0. The molecule has 1 unspecified atom stereocenters. The van der Waals surface area contributed by atoms with Gasteiger partial charge in [0.05, 0.1) is 5.60 Å². The fourth-order valence-corrected chi connectivity index (χ4v) is 7.50. The summed E-state index contributed by atoms with van der Waals surface area (Å²) in [4.78, 5) is 0. The van der Waals surface area contributed by atoms with E-state index in [9.17, 15) is 5.11 Å². The van der Waals surface area contributed by atoms with Crippen molar-refractivity contribution < 1.29 is 5.11 Å². The quantitative estimate of drug-likeness (QED) is 0.0984. The molecular formula is C30H63OP. The van der Waals surface area contributed by atoms with E-state index in [1.807, 2.05) is 0 Å². The van der Waals surface area contributed by atoms with Crippen LogP contribution in [0.15, 0.2) is 0 Å². The van der Waals surface area contributed by atoms with Crippen LogP contribution in [0.1, 0.15) is 169 Å². The molecule has 32 heavy (non-hydrogen) atoms. The molecule has 0 spiro atoms. The fourth-order valence-electron chi connectivity index (χ4n) is 4.99. The molecule has 0 heterocycles. The third kappa shape index (κ3) is 21.0. The van der Waals surface area contributed by atoms with Crippen molar-refractivity contribution in [1.29, 1.82) is 0 Å². The normalized spacial score (nSPS) is 13.0. The average Bonchev–Trinajstić information content (AvgIpc) is 2.79. The predicted octanol–water partition coefficient (Wildman–Crippen LogP) is 10.9. The zero-order valence-corrected chi connectivity index (χ0v) is 24.0. The Bertz CT molecular complexity index is 341. The zero-order valence-electron chi connectivity index (χ0n) is 23.1. The Kier molecular flexibility index (Phi) is 24.8. The van der Waals surface area contributed by atoms with Crippen LogP contribution < -0.4 is 0 Å². The highest BCUT2D eigenvalue weighted by molar-refractivity contribution is 7.57. The number of unbranched alkanes of at least 4 members (excludes halogenated alkanes) is 17. The van der Waals surface area contributed by atoms with Gasteiger partial charge in [0.2, 0.25) is 0 Å². The first-order valence-corrected chi connectivity index (χ1v) is 17.0. The monoisotopic (exact) mass is 470 g/mol. The van der Waals surface area contributed by atoms with Crippen molar-refractivity contribution in [3.05, 3.63) is 0 Å². The van der Waals surface area contributed by atoms with Crippen molar-refractivity contribution in [2.24, 2.45) is 0 Å². The highest BCUT2D eigenvalue weighted by Gasteiger charge is 2.28. The van der Waals surface area contributed by atoms with Gasteiger partial charge < -0.3 is 5.11 Å². The summed E-state index contributed by atoms with van der Waals surface area (Å²) in [7, 11) is 0.0130. The number of aliphatic hydroxyl groups is 1. The van der Waals surface area contributed by atoms with Crippen LogP contribution in [0.5, 0.6) is 0 Å². The minimum absolute atomic E-state index is 0.0130. The smallest absolute Gasteiger partial charge is 0.0686 e. The van der Waals surface area contributed by atoms with E-state index in [-0.39, 0.29) is 13.5 Å². The first kappa shape index (κ1) is 32.4. The van der Waals surface area contributed by atoms with Gasteiger partial charge in [-0.05, 0) is 37.7 Å². The SMILES string of the molecule is CCCCCCCCCCP(CC)CC(O)(CCCCCCCC)CCCCCCCC. The Morgan fingerprint density at radius 3 is 1.19 bits per heavy atom. The zero-order chi connectivity index (χ0) is 23.8. The predicted molar refractivity (Wildman–Crippen MR) is 151 cm³/mol. The lowest BCUT2D eigenvalue weighted by molar-refractivity contribution is 0.0404. The Morgan fingerprint density at radius 1 is 0.469 bits per heavy atom. The second kappa shape index (κ2) is 24.5. The van der Waals surface area contributed by atoms with Gasteiger partial charge in [-0.1, -0.05) is 150 Å². The Morgan fingerprint density at radius 2 is 0.812 bits per heavy atom. The summed E-state index contributed by atoms with van der Waals surface area (Å²) in [5, 5.41) is 11.7. The molecule has 0 amide bonds. The van der Waals surface area contributed by atoms with E-state index in [1.54, 1.807) is 0 Å². The number of hydrogen-bond acceptors (Lipinski definition) is 1. The third-order valence-electron chi connectivity index (χ3n) is 7.28. The topological polar surface area (TPSA) is 20.2 Å². The maximum Gasteiger partial charge on any atom is 0.0686 e. The minimum Gasteiger partial charge on any atom is -0.390 e. The van der Waals surface area contributed by atoms with Crippen molar-refractivity contribution in [3.63, 3.8) is 0 Å². The van der Waals surface area contributed by atoms with Gasteiger partial charge in [0.1, 0.15) is 0 Å². The van der Waals surface area contributed by atoms with Gasteiger partial charge >= 0.3 is 0 Å². The first-order valence-electron chi connectivity index (χ1n) is 15.1. The molecule has 1 atom stereocenters. The maximum atomic E-state index is 11.7. The molecule has 1 nitrogen and oxygen atoms in total. The van der Waals surface area contributed by atoms with Crippen LogP contribution in [0.4, 0.5) is 0 Å². The van der Waals surface area contributed by atoms with E-state index >= 15 is 0 Å². The second-order valence-corrected chi connectivity index (χ2v) is 13.3. The Hall–Kier alpha value is 0.390. The molecule has 0 aromatic rings. The molecule has 0 bridgehead atoms. The van der Waals surface area contributed by atoms with Gasteiger partial charge in [0, 0.05) is 0 Å². The summed E-state index contributed by atoms with van der Waals surface area (Å²) in [6.07, 6.45) is 33.3. The minimum atomic E-state index is -0.364. The Labute approximate surface area is 206 Å². The van der Waals surface area contributed by atoms with Crippen molar-refractivity contribution >= 4 is 7.92 Å². The molecule has 0 fully saturated rings. The lowest BCUT2D eigenvalue weighted by atomic mass is 9.91. The molecule has 2 heteroatoms. The van der Waals surface area contributed by atoms with E-state index < -0.39 is 0 Å². The average molecular weight is 471 g/mol. The molecule has 194 valence electrons. The van der Waals surface area contributed by atoms with Gasteiger partial charge in [-0.15, -0.1) is 7.92 Å². The highest BCUT2D eigenvalue weighted by atomic mass is 31.1. The molecule has 0 rings (SSSR count). The van der Waals surface area contributed by atoms with Crippen molar-refractivity contribution in [3.8, 4) is 0 Å². The van der Waals surface area contributed by atoms with Gasteiger partial charge in [-0.3, -0.25) is 0 Å². The lowest BCUT2D eigenvalue weighted by Gasteiger charge is -2.33. The van der Waals surface area contributed by atoms with E-state index in [4.69, 9.17) is 0 Å². The van der Waals surface area contributed by atoms with Gasteiger partial charge in [-0.25, -0.2) is 0 Å². The molecule has 0 aromatic carbocycles. The summed E-state index contributed by atoms with van der Waals surface area (Å²) in [5.74, 6) is 0. The summed E-state index contributed by atoms with van der Waals surface area (Å²) < 4.78 is 0. The van der Waals surface area contributed by atoms with Crippen LogP contribution in [0.2, 0.25) is 0 Å². The third-order valence-corrected chi connectivity index (χ3v) is 10.2. The molecule has 0 saturated carbocycles. The molecule has 0 aromatic heterocycles. The lowest BCUT2D eigenvalue weighted by Crippen LogP contribution is -2.33.